The van der Waals surface area contributed by atoms with E-state index < -0.39 is 17.2 Å². The molecule has 1 atom stereocenters. The summed E-state index contributed by atoms with van der Waals surface area (Å²) in [6.07, 6.45) is 6.46. The fourth-order valence-electron chi connectivity index (χ4n) is 4.35. The molecule has 5 nitrogen and oxygen atoms in total. The molecule has 2 aliphatic carbocycles. The summed E-state index contributed by atoms with van der Waals surface area (Å²) in [5.41, 5.74) is 1.38. The van der Waals surface area contributed by atoms with Gasteiger partial charge in [-0.25, -0.2) is 9.18 Å². The van der Waals surface area contributed by atoms with Crippen molar-refractivity contribution in [1.82, 2.24) is 9.88 Å². The number of carbonyl (C=O) groups is 1. The zero-order valence-electron chi connectivity index (χ0n) is 16.4. The first-order valence-electron chi connectivity index (χ1n) is 9.90. The molecule has 30 heavy (non-hydrogen) atoms. The van der Waals surface area contributed by atoms with Gasteiger partial charge in [-0.15, -0.1) is 23.7 Å². The smallest absolute Gasteiger partial charge is 0.341 e. The molecule has 8 heteroatoms. The Morgan fingerprint density at radius 1 is 1.27 bits per heavy atom. The summed E-state index contributed by atoms with van der Waals surface area (Å²) in [6.45, 7) is 0. The lowest BCUT2D eigenvalue weighted by molar-refractivity contribution is 0.0695. The number of halogens is 2. The molecule has 1 unspecified atom stereocenters. The van der Waals surface area contributed by atoms with Crippen LogP contribution in [0.15, 0.2) is 29.2 Å². The normalized spacial score (nSPS) is 18.1. The SMILES string of the molecule is CNC1CCCc2sc(-c3cc4c(cc3F)c(=O)c(C(=O)O)cn4C3CC3)cc21.Cl. The highest BCUT2D eigenvalue weighted by Crippen LogP contribution is 2.42. The molecule has 0 bridgehead atoms. The summed E-state index contributed by atoms with van der Waals surface area (Å²) in [5, 5.41) is 12.9. The zero-order valence-corrected chi connectivity index (χ0v) is 18.0. The number of carboxylic acid groups (broad SMARTS) is 1. The predicted octanol–water partition coefficient (Wildman–Crippen LogP) is 4.92. The van der Waals surface area contributed by atoms with Gasteiger partial charge in [0, 0.05) is 39.0 Å². The lowest BCUT2D eigenvalue weighted by atomic mass is 9.93. The lowest BCUT2D eigenvalue weighted by Crippen LogP contribution is -2.19. The maximum absolute atomic E-state index is 15.1. The van der Waals surface area contributed by atoms with Gasteiger partial charge in [0.05, 0.1) is 5.52 Å². The van der Waals surface area contributed by atoms with Gasteiger partial charge in [-0.1, -0.05) is 0 Å². The molecule has 2 aliphatic rings. The summed E-state index contributed by atoms with van der Waals surface area (Å²) in [4.78, 5) is 26.3. The average Bonchev–Trinajstić information content (AvgIpc) is 3.45. The second-order valence-corrected chi connectivity index (χ2v) is 9.02. The summed E-state index contributed by atoms with van der Waals surface area (Å²) < 4.78 is 16.9. The number of aryl methyl sites for hydroxylation is 1. The average molecular weight is 449 g/mol. The van der Waals surface area contributed by atoms with Crippen molar-refractivity contribution in [2.75, 3.05) is 7.05 Å². The number of nitrogens with one attached hydrogen (secondary N) is 1. The molecule has 2 aromatic heterocycles. The molecule has 0 spiro atoms. The van der Waals surface area contributed by atoms with E-state index in [2.05, 4.69) is 11.4 Å². The third-order valence-electron chi connectivity index (χ3n) is 6.02. The van der Waals surface area contributed by atoms with Crippen LogP contribution < -0.4 is 10.7 Å². The first-order chi connectivity index (χ1) is 14.0. The number of rotatable bonds is 4. The third-order valence-corrected chi connectivity index (χ3v) is 7.26. The van der Waals surface area contributed by atoms with E-state index in [4.69, 9.17) is 0 Å². The summed E-state index contributed by atoms with van der Waals surface area (Å²) in [5.74, 6) is -1.76. The number of nitrogens with zero attached hydrogens (tertiary/aromatic N) is 1. The molecule has 0 saturated heterocycles. The third kappa shape index (κ3) is 3.35. The number of fused-ring (bicyclic) bond motifs is 2. The van der Waals surface area contributed by atoms with Crippen LogP contribution in [0.3, 0.4) is 0 Å². The Balaban J connectivity index is 0.00000218. The molecule has 3 aromatic rings. The number of hydrogen-bond acceptors (Lipinski definition) is 4. The van der Waals surface area contributed by atoms with Gasteiger partial charge < -0.3 is 15.0 Å². The molecule has 0 amide bonds. The minimum atomic E-state index is -1.28. The van der Waals surface area contributed by atoms with E-state index in [1.165, 1.54) is 22.7 Å². The molecule has 2 heterocycles. The van der Waals surface area contributed by atoms with Crippen molar-refractivity contribution in [2.24, 2.45) is 0 Å². The number of carboxylic acids is 1. The fourth-order valence-corrected chi connectivity index (χ4v) is 5.64. The van der Waals surface area contributed by atoms with Crippen LogP contribution >= 0.6 is 23.7 Å². The molecule has 1 fully saturated rings. The minimum absolute atomic E-state index is 0. The number of benzene rings is 1. The highest BCUT2D eigenvalue weighted by molar-refractivity contribution is 7.15. The van der Waals surface area contributed by atoms with E-state index >= 15 is 4.39 Å². The maximum atomic E-state index is 15.1. The van der Waals surface area contributed by atoms with E-state index in [0.717, 1.165) is 37.0 Å². The predicted molar refractivity (Wildman–Crippen MR) is 119 cm³/mol. The Morgan fingerprint density at radius 2 is 2.03 bits per heavy atom. The molecular formula is C22H22ClFN2O3S. The standard InChI is InChI=1S/C22H21FN2O3S.ClH/c1-24-17-3-2-4-19-13(17)9-20(29-19)12-8-18-14(7-16(12)23)21(26)15(22(27)28)10-25(18)11-5-6-11;/h7-11,17,24H,2-6H2,1H3,(H,27,28);1H. The van der Waals surface area contributed by atoms with Crippen LogP contribution in [0.1, 0.15) is 58.6 Å². The van der Waals surface area contributed by atoms with Crippen molar-refractivity contribution in [1.29, 1.82) is 0 Å². The van der Waals surface area contributed by atoms with Crippen molar-refractivity contribution < 1.29 is 14.3 Å². The van der Waals surface area contributed by atoms with E-state index in [0.29, 0.717) is 11.1 Å². The quantitative estimate of drug-likeness (QED) is 0.594. The number of pyridine rings is 1. The molecule has 1 aromatic carbocycles. The van der Waals surface area contributed by atoms with Crippen molar-refractivity contribution in [2.45, 2.75) is 44.2 Å². The largest absolute Gasteiger partial charge is 0.477 e. The molecule has 0 radical (unpaired) electrons. The number of thiophene rings is 1. The summed E-state index contributed by atoms with van der Waals surface area (Å²) >= 11 is 1.61. The van der Waals surface area contributed by atoms with Gasteiger partial charge >= 0.3 is 5.97 Å². The van der Waals surface area contributed by atoms with Gasteiger partial charge in [0.15, 0.2) is 0 Å². The van der Waals surface area contributed by atoms with Crippen LogP contribution in [0.25, 0.3) is 21.3 Å². The Labute approximate surface area is 182 Å². The zero-order chi connectivity index (χ0) is 20.3. The van der Waals surface area contributed by atoms with Crippen molar-refractivity contribution in [3.8, 4) is 10.4 Å². The van der Waals surface area contributed by atoms with Crippen LogP contribution in [-0.2, 0) is 6.42 Å². The molecule has 5 rings (SSSR count). The van der Waals surface area contributed by atoms with Gasteiger partial charge in [-0.2, -0.15) is 0 Å². The first kappa shape index (κ1) is 21.0. The van der Waals surface area contributed by atoms with Crippen molar-refractivity contribution in [3.63, 3.8) is 0 Å². The van der Waals surface area contributed by atoms with Crippen molar-refractivity contribution in [3.05, 3.63) is 56.4 Å². The number of hydrogen-bond donors (Lipinski definition) is 2. The van der Waals surface area contributed by atoms with Crippen LogP contribution in [0.2, 0.25) is 0 Å². The Bertz CT molecular complexity index is 1220. The maximum Gasteiger partial charge on any atom is 0.341 e. The highest BCUT2D eigenvalue weighted by atomic mass is 35.5. The molecule has 2 N–H and O–H groups in total. The van der Waals surface area contributed by atoms with Crippen LogP contribution in [0.4, 0.5) is 4.39 Å². The first-order valence-corrected chi connectivity index (χ1v) is 10.7. The lowest BCUT2D eigenvalue weighted by Gasteiger charge is -2.21. The topological polar surface area (TPSA) is 71.3 Å². The van der Waals surface area contributed by atoms with E-state index in [9.17, 15) is 14.7 Å². The van der Waals surface area contributed by atoms with Gasteiger partial charge in [0.1, 0.15) is 11.4 Å². The van der Waals surface area contributed by atoms with Gasteiger partial charge in [0.25, 0.3) is 0 Å². The van der Waals surface area contributed by atoms with Crippen LogP contribution in [-0.4, -0.2) is 22.7 Å². The molecule has 0 aliphatic heterocycles. The molecule has 158 valence electrons. The summed E-state index contributed by atoms with van der Waals surface area (Å²) in [6, 6.07) is 5.46. The second-order valence-electron chi connectivity index (χ2n) is 7.89. The highest BCUT2D eigenvalue weighted by Gasteiger charge is 2.28. The monoisotopic (exact) mass is 448 g/mol. The number of aromatic carboxylic acids is 1. The number of aromatic nitrogens is 1. The van der Waals surface area contributed by atoms with Crippen molar-refractivity contribution >= 4 is 40.6 Å². The van der Waals surface area contributed by atoms with Gasteiger partial charge in [-0.05, 0) is 62.9 Å². The fraction of sp³-hybridized carbons (Fsp3) is 0.364. The van der Waals surface area contributed by atoms with E-state index in [1.807, 2.05) is 11.6 Å². The van der Waals surface area contributed by atoms with Crippen LogP contribution in [0, 0.1) is 5.82 Å². The van der Waals surface area contributed by atoms with E-state index in [-0.39, 0.29) is 35.4 Å². The Kier molecular flexibility index (Phi) is 5.46. The molecule has 1 saturated carbocycles. The molecular weight excluding hydrogens is 427 g/mol. The summed E-state index contributed by atoms with van der Waals surface area (Å²) in [7, 11) is 1.95. The minimum Gasteiger partial charge on any atom is -0.477 e. The Hall–Kier alpha value is -2.22. The van der Waals surface area contributed by atoms with Gasteiger partial charge in [0.2, 0.25) is 5.43 Å². The second kappa shape index (κ2) is 7.80. The van der Waals surface area contributed by atoms with Gasteiger partial charge in [-0.3, -0.25) is 4.79 Å². The van der Waals surface area contributed by atoms with E-state index in [1.54, 1.807) is 17.4 Å². The Morgan fingerprint density at radius 3 is 2.70 bits per heavy atom. The van der Waals surface area contributed by atoms with Crippen LogP contribution in [0.5, 0.6) is 0 Å².